The van der Waals surface area contributed by atoms with Gasteiger partial charge in [0.2, 0.25) is 5.91 Å². The first kappa shape index (κ1) is 22.3. The molecule has 1 unspecified atom stereocenters. The van der Waals surface area contributed by atoms with Crippen LogP contribution in [0.3, 0.4) is 0 Å². The molecule has 0 radical (unpaired) electrons. The number of carbonyl (C=O) groups is 1. The van der Waals surface area contributed by atoms with E-state index in [1.165, 1.54) is 25.3 Å². The molecule has 2 aromatic rings. The van der Waals surface area contributed by atoms with Gasteiger partial charge in [0, 0.05) is 42.9 Å². The molecule has 2 bridgehead atoms. The second kappa shape index (κ2) is 8.54. The van der Waals surface area contributed by atoms with Gasteiger partial charge < -0.3 is 20.6 Å². The summed E-state index contributed by atoms with van der Waals surface area (Å²) >= 11 is 0. The standard InChI is InChI=1S/C25H33N5O2/c1-24-12-5-13-25(2,29-24)16-18(15-24)30(4)22-10-9-20(27-28-22)19-8-6-17(14-21(19)31)7-11-23(32)26-3/h6-11,14,18,29,31H,5,12-13,15-16H2,1-4H3,(H,26,32)/b11-7+/t18?,24-,25+. The predicted molar refractivity (Wildman–Crippen MR) is 127 cm³/mol. The number of anilines is 1. The van der Waals surface area contributed by atoms with Crippen LogP contribution in [0, 0.1) is 0 Å². The normalized spacial score (nSPS) is 27.3. The molecule has 2 saturated heterocycles. The van der Waals surface area contributed by atoms with Gasteiger partial charge >= 0.3 is 0 Å². The van der Waals surface area contributed by atoms with Crippen LogP contribution < -0.4 is 15.5 Å². The number of likely N-dealkylation sites (N-methyl/N-ethyl adjacent to an activating group) is 1. The van der Waals surface area contributed by atoms with Crippen molar-refractivity contribution in [2.24, 2.45) is 0 Å². The van der Waals surface area contributed by atoms with Crippen LogP contribution in [0.25, 0.3) is 17.3 Å². The van der Waals surface area contributed by atoms with Crippen LogP contribution in [-0.4, -0.2) is 52.4 Å². The van der Waals surface area contributed by atoms with E-state index >= 15 is 0 Å². The fourth-order valence-corrected chi connectivity index (χ4v) is 5.38. The molecule has 3 N–H and O–H groups in total. The number of hydrogen-bond donors (Lipinski definition) is 3. The Morgan fingerprint density at radius 2 is 1.91 bits per heavy atom. The molecule has 0 aliphatic carbocycles. The number of fused-ring (bicyclic) bond motifs is 2. The maximum absolute atomic E-state index is 11.4. The zero-order valence-corrected chi connectivity index (χ0v) is 19.4. The number of amides is 1. The third-order valence-corrected chi connectivity index (χ3v) is 6.96. The zero-order valence-electron chi connectivity index (χ0n) is 19.4. The first-order valence-corrected chi connectivity index (χ1v) is 11.3. The Kier molecular flexibility index (Phi) is 5.95. The Labute approximate surface area is 189 Å². The topological polar surface area (TPSA) is 90.4 Å². The second-order valence-electron chi connectivity index (χ2n) is 9.77. The molecule has 170 valence electrons. The van der Waals surface area contributed by atoms with Gasteiger partial charge in [-0.3, -0.25) is 4.79 Å². The number of nitrogens with one attached hydrogen (secondary N) is 2. The number of hydrogen-bond acceptors (Lipinski definition) is 6. The summed E-state index contributed by atoms with van der Waals surface area (Å²) in [6.45, 7) is 4.69. The van der Waals surface area contributed by atoms with Crippen molar-refractivity contribution in [1.82, 2.24) is 20.8 Å². The summed E-state index contributed by atoms with van der Waals surface area (Å²) in [5.41, 5.74) is 2.31. The van der Waals surface area contributed by atoms with Gasteiger partial charge in [-0.1, -0.05) is 6.07 Å². The minimum absolute atomic E-state index is 0.103. The smallest absolute Gasteiger partial charge is 0.243 e. The number of aromatic hydroxyl groups is 1. The Hall–Kier alpha value is -2.93. The number of nitrogens with zero attached hydrogens (tertiary/aromatic N) is 3. The van der Waals surface area contributed by atoms with Crippen molar-refractivity contribution in [2.75, 3.05) is 19.0 Å². The van der Waals surface area contributed by atoms with Crippen molar-refractivity contribution in [3.8, 4) is 17.0 Å². The van der Waals surface area contributed by atoms with E-state index in [9.17, 15) is 9.90 Å². The van der Waals surface area contributed by atoms with Crippen molar-refractivity contribution in [3.05, 3.63) is 42.0 Å². The van der Waals surface area contributed by atoms with Crippen LogP contribution in [0.4, 0.5) is 5.82 Å². The molecule has 0 spiro atoms. The van der Waals surface area contributed by atoms with E-state index < -0.39 is 0 Å². The minimum atomic E-state index is -0.195. The lowest BCUT2D eigenvalue weighted by molar-refractivity contribution is -0.115. The second-order valence-corrected chi connectivity index (χ2v) is 9.77. The van der Waals surface area contributed by atoms with Gasteiger partial charge in [-0.05, 0) is 81.9 Å². The molecule has 1 aromatic heterocycles. The number of carbonyl (C=O) groups excluding carboxylic acids is 1. The number of benzene rings is 1. The summed E-state index contributed by atoms with van der Waals surface area (Å²) < 4.78 is 0. The monoisotopic (exact) mass is 435 g/mol. The van der Waals surface area contributed by atoms with Crippen LogP contribution in [0.5, 0.6) is 5.75 Å². The number of piperidine rings is 2. The molecule has 7 nitrogen and oxygen atoms in total. The van der Waals surface area contributed by atoms with Crippen LogP contribution in [-0.2, 0) is 4.79 Å². The van der Waals surface area contributed by atoms with Crippen LogP contribution in [0.1, 0.15) is 51.5 Å². The van der Waals surface area contributed by atoms with E-state index in [0.29, 0.717) is 17.3 Å². The maximum atomic E-state index is 11.4. The van der Waals surface area contributed by atoms with Gasteiger partial charge in [-0.15, -0.1) is 10.2 Å². The molecule has 32 heavy (non-hydrogen) atoms. The Balaban J connectivity index is 1.50. The van der Waals surface area contributed by atoms with E-state index in [0.717, 1.165) is 24.2 Å². The van der Waals surface area contributed by atoms with Crippen molar-refractivity contribution in [3.63, 3.8) is 0 Å². The number of phenolic OH excluding ortho intramolecular Hbond substituents is 1. The third-order valence-electron chi connectivity index (χ3n) is 6.96. The van der Waals surface area contributed by atoms with Gasteiger partial charge in [0.25, 0.3) is 0 Å². The van der Waals surface area contributed by atoms with Crippen LogP contribution >= 0.6 is 0 Å². The van der Waals surface area contributed by atoms with Gasteiger partial charge in [0.05, 0.1) is 5.69 Å². The van der Waals surface area contributed by atoms with E-state index in [2.05, 4.69) is 46.6 Å². The lowest BCUT2D eigenvalue weighted by Gasteiger charge is -2.55. The molecular formula is C25H33N5O2. The molecule has 2 aliphatic heterocycles. The van der Waals surface area contributed by atoms with Crippen molar-refractivity contribution in [1.29, 1.82) is 0 Å². The van der Waals surface area contributed by atoms with E-state index in [1.54, 1.807) is 25.3 Å². The fraction of sp³-hybridized carbons (Fsp3) is 0.480. The predicted octanol–water partition coefficient (Wildman–Crippen LogP) is 3.50. The number of phenols is 1. The summed E-state index contributed by atoms with van der Waals surface area (Å²) in [6.07, 6.45) is 8.98. The highest BCUT2D eigenvalue weighted by molar-refractivity contribution is 5.91. The summed E-state index contributed by atoms with van der Waals surface area (Å²) in [5, 5.41) is 25.8. The Morgan fingerprint density at radius 1 is 1.19 bits per heavy atom. The lowest BCUT2D eigenvalue weighted by Crippen LogP contribution is -2.66. The molecule has 1 aromatic carbocycles. The Morgan fingerprint density at radius 3 is 2.50 bits per heavy atom. The summed E-state index contributed by atoms with van der Waals surface area (Å²) in [4.78, 5) is 13.6. The van der Waals surface area contributed by atoms with Crippen LogP contribution in [0.2, 0.25) is 0 Å². The molecule has 0 saturated carbocycles. The zero-order chi connectivity index (χ0) is 22.9. The van der Waals surface area contributed by atoms with Gasteiger partial charge in [0.1, 0.15) is 5.75 Å². The SMILES string of the molecule is CNC(=O)/C=C/c1ccc(-c2ccc(N(C)C3C[C@]4(C)CCC[C@](C)(C3)N4)nn2)c(O)c1. The van der Waals surface area contributed by atoms with Gasteiger partial charge in [0.15, 0.2) is 5.82 Å². The van der Waals surface area contributed by atoms with Crippen molar-refractivity contribution >= 4 is 17.8 Å². The van der Waals surface area contributed by atoms with Gasteiger partial charge in [-0.2, -0.15) is 0 Å². The molecular weight excluding hydrogens is 402 g/mol. The molecule has 3 atom stereocenters. The average molecular weight is 436 g/mol. The highest BCUT2D eigenvalue weighted by atomic mass is 16.3. The molecule has 4 rings (SSSR count). The summed E-state index contributed by atoms with van der Waals surface area (Å²) in [5.74, 6) is 0.751. The number of rotatable bonds is 5. The summed E-state index contributed by atoms with van der Waals surface area (Å²) in [6, 6.07) is 9.54. The van der Waals surface area contributed by atoms with E-state index in [-0.39, 0.29) is 22.7 Å². The van der Waals surface area contributed by atoms with Gasteiger partial charge in [-0.25, -0.2) is 0 Å². The van der Waals surface area contributed by atoms with E-state index in [1.807, 2.05) is 18.2 Å². The Bertz CT molecular complexity index is 1000. The first-order chi connectivity index (χ1) is 15.2. The average Bonchev–Trinajstić information content (AvgIpc) is 2.75. The highest BCUT2D eigenvalue weighted by Crippen LogP contribution is 2.41. The summed E-state index contributed by atoms with van der Waals surface area (Å²) in [7, 11) is 3.68. The molecule has 2 aliphatic rings. The highest BCUT2D eigenvalue weighted by Gasteiger charge is 2.46. The third kappa shape index (κ3) is 4.63. The fourth-order valence-electron chi connectivity index (χ4n) is 5.38. The number of aromatic nitrogens is 2. The lowest BCUT2D eigenvalue weighted by atomic mass is 9.69. The molecule has 1 amide bonds. The molecule has 3 heterocycles. The van der Waals surface area contributed by atoms with E-state index in [4.69, 9.17) is 0 Å². The van der Waals surface area contributed by atoms with Crippen LogP contribution in [0.15, 0.2) is 36.4 Å². The molecule has 7 heteroatoms. The van der Waals surface area contributed by atoms with Crippen molar-refractivity contribution in [2.45, 2.75) is 63.1 Å². The maximum Gasteiger partial charge on any atom is 0.243 e. The van der Waals surface area contributed by atoms with Crippen molar-refractivity contribution < 1.29 is 9.90 Å². The quantitative estimate of drug-likeness (QED) is 0.623. The molecule has 2 fully saturated rings. The minimum Gasteiger partial charge on any atom is -0.507 e. The largest absolute Gasteiger partial charge is 0.507 e. The first-order valence-electron chi connectivity index (χ1n) is 11.3.